The molecular weight excluding hydrogens is 376 g/mol. The van der Waals surface area contributed by atoms with Gasteiger partial charge in [0.05, 0.1) is 0 Å². The summed E-state index contributed by atoms with van der Waals surface area (Å²) in [5.41, 5.74) is 2.39. The van der Waals surface area contributed by atoms with E-state index in [2.05, 4.69) is 0 Å². The van der Waals surface area contributed by atoms with E-state index in [1.165, 1.54) is 0 Å². The average Bonchev–Trinajstić information content (AvgIpc) is 2.81. The van der Waals surface area contributed by atoms with Gasteiger partial charge in [0.15, 0.2) is 19.0 Å². The van der Waals surface area contributed by atoms with Gasteiger partial charge in [-0.05, 0) is 28.5 Å². The molecular formula is C26H20O4. The second-order valence-electron chi connectivity index (χ2n) is 6.80. The van der Waals surface area contributed by atoms with Gasteiger partial charge in [0.2, 0.25) is 0 Å². The molecule has 4 aromatic rings. The quantitative estimate of drug-likeness (QED) is 0.314. The van der Waals surface area contributed by atoms with E-state index in [9.17, 15) is 9.59 Å². The van der Waals surface area contributed by atoms with Gasteiger partial charge in [0.25, 0.3) is 0 Å². The molecule has 0 aliphatic carbocycles. The maximum atomic E-state index is 12.4. The van der Waals surface area contributed by atoms with Crippen LogP contribution in [0.2, 0.25) is 0 Å². The van der Waals surface area contributed by atoms with Gasteiger partial charge in [-0.2, -0.15) is 0 Å². The van der Waals surface area contributed by atoms with Crippen molar-refractivity contribution in [2.24, 2.45) is 0 Å². The number of esters is 1. The van der Waals surface area contributed by atoms with Crippen molar-refractivity contribution in [3.63, 3.8) is 0 Å². The van der Waals surface area contributed by atoms with Crippen molar-refractivity contribution in [3.8, 4) is 16.9 Å². The minimum absolute atomic E-state index is 0.251. The van der Waals surface area contributed by atoms with Crippen LogP contribution in [-0.2, 0) is 9.53 Å². The molecule has 0 heterocycles. The maximum Gasteiger partial charge on any atom is 0.344 e. The summed E-state index contributed by atoms with van der Waals surface area (Å²) in [6.45, 7) is -0.588. The minimum Gasteiger partial charge on any atom is -0.481 e. The lowest BCUT2D eigenvalue weighted by molar-refractivity contribution is -0.144. The minimum atomic E-state index is -0.591. The summed E-state index contributed by atoms with van der Waals surface area (Å²) >= 11 is 0. The van der Waals surface area contributed by atoms with Gasteiger partial charge in [-0.3, -0.25) is 4.79 Å². The Morgan fingerprint density at radius 2 is 1.37 bits per heavy atom. The van der Waals surface area contributed by atoms with Crippen LogP contribution in [-0.4, -0.2) is 25.0 Å². The number of carbonyl (C=O) groups is 2. The Hall–Kier alpha value is -3.92. The molecule has 30 heavy (non-hydrogen) atoms. The number of ketones is 1. The molecule has 0 atom stereocenters. The van der Waals surface area contributed by atoms with Gasteiger partial charge in [-0.1, -0.05) is 84.9 Å². The van der Waals surface area contributed by atoms with E-state index in [1.807, 2.05) is 78.9 Å². The molecule has 0 saturated carbocycles. The molecule has 0 amide bonds. The SMILES string of the molecule is O=C(COc1ccccc1-c1ccccc1)OCC(=O)c1ccc2ccccc2c1. The zero-order valence-electron chi connectivity index (χ0n) is 16.3. The van der Waals surface area contributed by atoms with Crippen molar-refractivity contribution in [1.29, 1.82) is 0 Å². The van der Waals surface area contributed by atoms with Crippen LogP contribution in [0.15, 0.2) is 97.1 Å². The Kier molecular flexibility index (Phi) is 5.85. The summed E-state index contributed by atoms with van der Waals surface area (Å²) in [7, 11) is 0. The lowest BCUT2D eigenvalue weighted by Crippen LogP contribution is -2.19. The van der Waals surface area contributed by atoms with E-state index < -0.39 is 5.97 Å². The zero-order valence-corrected chi connectivity index (χ0v) is 16.3. The fourth-order valence-corrected chi connectivity index (χ4v) is 3.22. The van der Waals surface area contributed by atoms with Gasteiger partial charge >= 0.3 is 5.97 Å². The third-order valence-electron chi connectivity index (χ3n) is 4.75. The molecule has 0 aliphatic heterocycles. The number of hydrogen-bond acceptors (Lipinski definition) is 4. The summed E-state index contributed by atoms with van der Waals surface area (Å²) < 4.78 is 10.8. The van der Waals surface area contributed by atoms with Crippen LogP contribution >= 0.6 is 0 Å². The highest BCUT2D eigenvalue weighted by Crippen LogP contribution is 2.29. The molecule has 4 nitrogen and oxygen atoms in total. The molecule has 148 valence electrons. The number of carbonyl (C=O) groups excluding carboxylic acids is 2. The van der Waals surface area contributed by atoms with E-state index in [0.29, 0.717) is 11.3 Å². The van der Waals surface area contributed by atoms with Crippen LogP contribution in [0, 0.1) is 0 Å². The van der Waals surface area contributed by atoms with E-state index in [4.69, 9.17) is 9.47 Å². The lowest BCUT2D eigenvalue weighted by atomic mass is 10.0. The highest BCUT2D eigenvalue weighted by molar-refractivity contribution is 6.01. The Balaban J connectivity index is 1.35. The van der Waals surface area contributed by atoms with Crippen molar-refractivity contribution in [2.75, 3.05) is 13.2 Å². The van der Waals surface area contributed by atoms with Crippen LogP contribution in [0.1, 0.15) is 10.4 Å². The molecule has 4 rings (SSSR count). The van der Waals surface area contributed by atoms with Crippen molar-refractivity contribution in [3.05, 3.63) is 103 Å². The Labute approximate surface area is 174 Å². The maximum absolute atomic E-state index is 12.4. The summed E-state index contributed by atoms with van der Waals surface area (Å²) in [4.78, 5) is 24.5. The Morgan fingerprint density at radius 3 is 2.20 bits per heavy atom. The molecule has 0 saturated heterocycles. The zero-order chi connectivity index (χ0) is 20.8. The van der Waals surface area contributed by atoms with Gasteiger partial charge in [0, 0.05) is 11.1 Å². The predicted octanol–water partition coefficient (Wildman–Crippen LogP) is 5.31. The Morgan fingerprint density at radius 1 is 0.667 bits per heavy atom. The number of hydrogen-bond donors (Lipinski definition) is 0. The molecule has 0 N–H and O–H groups in total. The third-order valence-corrected chi connectivity index (χ3v) is 4.75. The second-order valence-corrected chi connectivity index (χ2v) is 6.80. The molecule has 0 radical (unpaired) electrons. The first-order valence-corrected chi connectivity index (χ1v) is 9.65. The van der Waals surface area contributed by atoms with Crippen molar-refractivity contribution in [1.82, 2.24) is 0 Å². The number of Topliss-reactive ketones (excluding diaryl/α,β-unsaturated/α-hetero) is 1. The summed E-state index contributed by atoms with van der Waals surface area (Å²) in [5, 5.41) is 2.02. The largest absolute Gasteiger partial charge is 0.481 e. The molecule has 0 bridgehead atoms. The van der Waals surface area contributed by atoms with Crippen molar-refractivity contribution in [2.45, 2.75) is 0 Å². The number of rotatable bonds is 7. The molecule has 0 aromatic heterocycles. The van der Waals surface area contributed by atoms with Crippen LogP contribution in [0.4, 0.5) is 0 Å². The molecule has 0 aliphatic rings. The van der Waals surface area contributed by atoms with Crippen LogP contribution in [0.25, 0.3) is 21.9 Å². The topological polar surface area (TPSA) is 52.6 Å². The van der Waals surface area contributed by atoms with E-state index in [0.717, 1.165) is 21.9 Å². The molecule has 0 spiro atoms. The van der Waals surface area contributed by atoms with Crippen molar-refractivity contribution < 1.29 is 19.1 Å². The fraction of sp³-hybridized carbons (Fsp3) is 0.0769. The number of ether oxygens (including phenoxy) is 2. The van der Waals surface area contributed by atoms with E-state index in [-0.39, 0.29) is 19.0 Å². The normalized spacial score (nSPS) is 10.5. The van der Waals surface area contributed by atoms with Crippen LogP contribution < -0.4 is 4.74 Å². The van der Waals surface area contributed by atoms with Crippen LogP contribution in [0.5, 0.6) is 5.75 Å². The lowest BCUT2D eigenvalue weighted by Gasteiger charge is -2.11. The molecule has 0 unspecified atom stereocenters. The molecule has 0 fully saturated rings. The first kappa shape index (κ1) is 19.4. The number of benzene rings is 4. The van der Waals surface area contributed by atoms with Gasteiger partial charge in [0.1, 0.15) is 5.75 Å². The summed E-state index contributed by atoms with van der Waals surface area (Å²) in [6.07, 6.45) is 0. The monoisotopic (exact) mass is 396 g/mol. The van der Waals surface area contributed by atoms with Crippen LogP contribution in [0.3, 0.4) is 0 Å². The van der Waals surface area contributed by atoms with E-state index in [1.54, 1.807) is 18.2 Å². The second kappa shape index (κ2) is 9.05. The fourth-order valence-electron chi connectivity index (χ4n) is 3.22. The highest BCUT2D eigenvalue weighted by atomic mass is 16.6. The standard InChI is InChI=1S/C26H20O4/c27-24(22-15-14-19-8-4-5-11-21(19)16-22)17-30-26(28)18-29-25-13-7-6-12-23(25)20-9-2-1-3-10-20/h1-16H,17-18H2. The predicted molar refractivity (Wildman–Crippen MR) is 117 cm³/mol. The smallest absolute Gasteiger partial charge is 0.344 e. The summed E-state index contributed by atoms with van der Waals surface area (Å²) in [6, 6.07) is 30.5. The first-order chi connectivity index (χ1) is 14.7. The van der Waals surface area contributed by atoms with Gasteiger partial charge < -0.3 is 9.47 Å². The number of fused-ring (bicyclic) bond motifs is 1. The third kappa shape index (κ3) is 4.55. The van der Waals surface area contributed by atoms with Gasteiger partial charge in [-0.15, -0.1) is 0 Å². The van der Waals surface area contributed by atoms with E-state index >= 15 is 0 Å². The summed E-state index contributed by atoms with van der Waals surface area (Å²) in [5.74, 6) is -0.257. The highest BCUT2D eigenvalue weighted by Gasteiger charge is 2.12. The average molecular weight is 396 g/mol. The number of para-hydroxylation sites is 1. The van der Waals surface area contributed by atoms with Crippen molar-refractivity contribution >= 4 is 22.5 Å². The molecule has 4 heteroatoms. The Bertz CT molecular complexity index is 1180. The molecule has 4 aromatic carbocycles. The van der Waals surface area contributed by atoms with Gasteiger partial charge in [-0.25, -0.2) is 4.79 Å². The first-order valence-electron chi connectivity index (χ1n) is 9.65.